The first kappa shape index (κ1) is 18.2. The van der Waals surface area contributed by atoms with E-state index in [1.165, 1.54) is 0 Å². The summed E-state index contributed by atoms with van der Waals surface area (Å²) in [5.41, 5.74) is 0. The number of rotatable bonds is 6. The van der Waals surface area contributed by atoms with Gasteiger partial charge in [-0.1, -0.05) is 0 Å². The van der Waals surface area contributed by atoms with E-state index in [2.05, 4.69) is 29.0 Å². The Morgan fingerprint density at radius 3 is 2.57 bits per heavy atom. The van der Waals surface area contributed by atoms with Crippen molar-refractivity contribution in [3.05, 3.63) is 0 Å². The number of hydrogen-bond donors (Lipinski definition) is 1. The summed E-state index contributed by atoms with van der Waals surface area (Å²) < 4.78 is 5.09. The number of nitrogens with one attached hydrogen (secondary N) is 1. The number of piperazine rings is 2. The Morgan fingerprint density at radius 2 is 1.96 bits per heavy atom. The highest BCUT2D eigenvalue weighted by molar-refractivity contribution is 5.89. The predicted octanol–water partition coefficient (Wildman–Crippen LogP) is -0.624. The average Bonchev–Trinajstić information content (AvgIpc) is 2.55. The van der Waals surface area contributed by atoms with Crippen molar-refractivity contribution in [1.82, 2.24) is 20.0 Å². The smallest absolute Gasteiger partial charge is 0.237 e. The fraction of sp³-hybridized carbons (Fsp3) is 0.875. The van der Waals surface area contributed by atoms with Crippen LogP contribution in [0.15, 0.2) is 0 Å². The van der Waals surface area contributed by atoms with E-state index in [1.54, 1.807) is 7.11 Å². The molecule has 2 amide bonds. The van der Waals surface area contributed by atoms with Crippen LogP contribution in [-0.2, 0) is 14.3 Å². The van der Waals surface area contributed by atoms with Gasteiger partial charge in [-0.15, -0.1) is 0 Å². The zero-order chi connectivity index (χ0) is 16.8. The second kappa shape index (κ2) is 8.61. The molecule has 2 rings (SSSR count). The molecule has 0 aromatic carbocycles. The summed E-state index contributed by atoms with van der Waals surface area (Å²) in [5.74, 6) is 0.0705. The third-order valence-corrected chi connectivity index (χ3v) is 4.74. The molecule has 2 fully saturated rings. The lowest BCUT2D eigenvalue weighted by Crippen LogP contribution is -2.59. The lowest BCUT2D eigenvalue weighted by atomic mass is 10.1. The first-order chi connectivity index (χ1) is 11.0. The van der Waals surface area contributed by atoms with Crippen molar-refractivity contribution in [2.75, 3.05) is 59.5 Å². The molecule has 0 saturated carbocycles. The molecule has 0 spiro atoms. The standard InChI is InChI=1S/C16H30N4O3/c1-13(2)20-5-4-17-16(22)14(20)12-15(21)19-8-6-18(7-9-19)10-11-23-3/h13-14H,4-12H2,1-3H3,(H,17,22)/t14-/m1/s1. The average molecular weight is 326 g/mol. The van der Waals surface area contributed by atoms with Crippen LogP contribution in [0.4, 0.5) is 0 Å². The summed E-state index contributed by atoms with van der Waals surface area (Å²) in [4.78, 5) is 31.1. The summed E-state index contributed by atoms with van der Waals surface area (Å²) in [5, 5.41) is 2.88. The fourth-order valence-electron chi connectivity index (χ4n) is 3.30. The van der Waals surface area contributed by atoms with E-state index in [1.807, 2.05) is 4.90 Å². The third-order valence-electron chi connectivity index (χ3n) is 4.74. The van der Waals surface area contributed by atoms with E-state index in [9.17, 15) is 9.59 Å². The van der Waals surface area contributed by atoms with Crippen molar-refractivity contribution < 1.29 is 14.3 Å². The van der Waals surface area contributed by atoms with Gasteiger partial charge in [-0.25, -0.2) is 0 Å². The maximum atomic E-state index is 12.6. The van der Waals surface area contributed by atoms with Crippen LogP contribution in [-0.4, -0.2) is 98.1 Å². The number of methoxy groups -OCH3 is 1. The molecule has 0 aromatic heterocycles. The molecule has 1 atom stereocenters. The first-order valence-corrected chi connectivity index (χ1v) is 8.55. The molecule has 0 bridgehead atoms. The minimum absolute atomic E-state index is 0.0166. The van der Waals surface area contributed by atoms with Crippen LogP contribution in [0, 0.1) is 0 Å². The topological polar surface area (TPSA) is 65.1 Å². The first-order valence-electron chi connectivity index (χ1n) is 8.55. The van der Waals surface area contributed by atoms with E-state index in [0.29, 0.717) is 6.54 Å². The SMILES string of the molecule is COCCN1CCN(C(=O)C[C@@H]2C(=O)NCCN2C(C)C)CC1. The van der Waals surface area contributed by atoms with Crippen molar-refractivity contribution in [3.63, 3.8) is 0 Å². The quantitative estimate of drug-likeness (QED) is 0.704. The molecule has 2 aliphatic heterocycles. The Bertz CT molecular complexity index is 408. The molecule has 0 aliphatic carbocycles. The minimum atomic E-state index is -0.331. The maximum Gasteiger partial charge on any atom is 0.237 e. The van der Waals surface area contributed by atoms with E-state index in [0.717, 1.165) is 45.9 Å². The van der Waals surface area contributed by atoms with Gasteiger partial charge in [-0.05, 0) is 13.8 Å². The Balaban J connectivity index is 1.85. The summed E-state index contributed by atoms with van der Waals surface area (Å²) >= 11 is 0. The maximum absolute atomic E-state index is 12.6. The summed E-state index contributed by atoms with van der Waals surface area (Å²) in [7, 11) is 1.70. The minimum Gasteiger partial charge on any atom is -0.383 e. The molecular formula is C16H30N4O3. The van der Waals surface area contributed by atoms with Gasteiger partial charge in [0, 0.05) is 59.0 Å². The van der Waals surface area contributed by atoms with Crippen LogP contribution in [0.1, 0.15) is 20.3 Å². The molecule has 2 aliphatic rings. The second-order valence-corrected chi connectivity index (χ2v) is 6.56. The normalized spacial score (nSPS) is 24.1. The summed E-state index contributed by atoms with van der Waals surface area (Å²) in [6, 6.07) is -0.0625. The van der Waals surface area contributed by atoms with Gasteiger partial charge in [0.1, 0.15) is 0 Å². The lowest BCUT2D eigenvalue weighted by Gasteiger charge is -2.39. The molecule has 2 saturated heterocycles. The highest BCUT2D eigenvalue weighted by Gasteiger charge is 2.34. The van der Waals surface area contributed by atoms with Crippen LogP contribution >= 0.6 is 0 Å². The summed E-state index contributed by atoms with van der Waals surface area (Å²) in [6.45, 7) is 10.5. The molecule has 0 aromatic rings. The van der Waals surface area contributed by atoms with Crippen LogP contribution in [0.3, 0.4) is 0 Å². The molecule has 7 heteroatoms. The Morgan fingerprint density at radius 1 is 1.26 bits per heavy atom. The van der Waals surface area contributed by atoms with Crippen molar-refractivity contribution in [1.29, 1.82) is 0 Å². The van der Waals surface area contributed by atoms with Crippen molar-refractivity contribution in [3.8, 4) is 0 Å². The number of carbonyl (C=O) groups is 2. The highest BCUT2D eigenvalue weighted by Crippen LogP contribution is 2.15. The van der Waals surface area contributed by atoms with E-state index < -0.39 is 0 Å². The van der Waals surface area contributed by atoms with Crippen LogP contribution in [0.5, 0.6) is 0 Å². The molecule has 7 nitrogen and oxygen atoms in total. The molecule has 0 unspecified atom stereocenters. The highest BCUT2D eigenvalue weighted by atomic mass is 16.5. The van der Waals surface area contributed by atoms with Gasteiger partial charge in [0.25, 0.3) is 0 Å². The zero-order valence-electron chi connectivity index (χ0n) is 14.6. The Hall–Kier alpha value is -1.18. The fourth-order valence-corrected chi connectivity index (χ4v) is 3.30. The second-order valence-electron chi connectivity index (χ2n) is 6.56. The molecule has 0 radical (unpaired) electrons. The lowest BCUT2D eigenvalue weighted by molar-refractivity contribution is -0.140. The predicted molar refractivity (Wildman–Crippen MR) is 88.2 cm³/mol. The summed E-state index contributed by atoms with van der Waals surface area (Å²) in [6.07, 6.45) is 0.280. The van der Waals surface area contributed by atoms with Gasteiger partial charge in [-0.3, -0.25) is 19.4 Å². The number of carbonyl (C=O) groups excluding carboxylic acids is 2. The molecule has 1 N–H and O–H groups in total. The van der Waals surface area contributed by atoms with Crippen molar-refractivity contribution in [2.24, 2.45) is 0 Å². The van der Waals surface area contributed by atoms with E-state index >= 15 is 0 Å². The van der Waals surface area contributed by atoms with Gasteiger partial charge in [0.15, 0.2) is 0 Å². The van der Waals surface area contributed by atoms with Gasteiger partial charge < -0.3 is 15.0 Å². The van der Waals surface area contributed by atoms with Gasteiger partial charge >= 0.3 is 0 Å². The molecule has 132 valence electrons. The largest absolute Gasteiger partial charge is 0.383 e. The molecule has 2 heterocycles. The number of ether oxygens (including phenoxy) is 1. The molecule has 23 heavy (non-hydrogen) atoms. The van der Waals surface area contributed by atoms with Crippen LogP contribution in [0.25, 0.3) is 0 Å². The monoisotopic (exact) mass is 326 g/mol. The zero-order valence-corrected chi connectivity index (χ0v) is 14.6. The van der Waals surface area contributed by atoms with Gasteiger partial charge in [0.2, 0.25) is 11.8 Å². The van der Waals surface area contributed by atoms with E-state index in [-0.39, 0.29) is 30.3 Å². The van der Waals surface area contributed by atoms with Crippen molar-refractivity contribution in [2.45, 2.75) is 32.4 Å². The van der Waals surface area contributed by atoms with E-state index in [4.69, 9.17) is 4.74 Å². The van der Waals surface area contributed by atoms with Crippen LogP contribution in [0.2, 0.25) is 0 Å². The Kier molecular flexibility index (Phi) is 6.80. The number of amides is 2. The third kappa shape index (κ3) is 4.89. The van der Waals surface area contributed by atoms with Gasteiger partial charge in [-0.2, -0.15) is 0 Å². The number of hydrogen-bond acceptors (Lipinski definition) is 5. The van der Waals surface area contributed by atoms with Crippen molar-refractivity contribution >= 4 is 11.8 Å². The van der Waals surface area contributed by atoms with Gasteiger partial charge in [0.05, 0.1) is 19.1 Å². The number of nitrogens with zero attached hydrogens (tertiary/aromatic N) is 3. The Labute approximate surface area is 138 Å². The molecular weight excluding hydrogens is 296 g/mol. The van der Waals surface area contributed by atoms with Crippen LogP contribution < -0.4 is 5.32 Å².